The van der Waals surface area contributed by atoms with E-state index in [9.17, 15) is 9.90 Å². The lowest BCUT2D eigenvalue weighted by Gasteiger charge is -2.34. The topological polar surface area (TPSA) is 59.0 Å². The number of carbonyl (C=O) groups excluding carboxylic acids is 1. The van der Waals surface area contributed by atoms with Crippen molar-refractivity contribution >= 4 is 5.91 Å². The molecule has 30 heavy (non-hydrogen) atoms. The maximum atomic E-state index is 12.8. The van der Waals surface area contributed by atoms with Crippen molar-refractivity contribution < 1.29 is 19.4 Å². The molecule has 0 spiro atoms. The van der Waals surface area contributed by atoms with Gasteiger partial charge in [-0.25, -0.2) is 0 Å². The van der Waals surface area contributed by atoms with Crippen LogP contribution in [0.1, 0.15) is 83.6 Å². The molecule has 0 unspecified atom stereocenters. The van der Waals surface area contributed by atoms with Gasteiger partial charge >= 0.3 is 0 Å². The fraction of sp³-hybridized carbons (Fsp3) is 0.720. The second-order valence-corrected chi connectivity index (χ2v) is 9.40. The third-order valence-electron chi connectivity index (χ3n) is 7.22. The summed E-state index contributed by atoms with van der Waals surface area (Å²) in [5.74, 6) is 1.79. The van der Waals surface area contributed by atoms with E-state index in [2.05, 4.69) is 26.0 Å². The Labute approximate surface area is 181 Å². The largest absolute Gasteiger partial charge is 0.493 e. The van der Waals surface area contributed by atoms with Crippen LogP contribution in [-0.4, -0.2) is 48.3 Å². The molecule has 1 amide bonds. The van der Waals surface area contributed by atoms with Gasteiger partial charge in [-0.2, -0.15) is 0 Å². The molecule has 5 heteroatoms. The predicted octanol–water partition coefficient (Wildman–Crippen LogP) is 4.91. The van der Waals surface area contributed by atoms with Crippen molar-refractivity contribution in [2.75, 3.05) is 20.2 Å². The number of carbonyl (C=O) groups is 1. The van der Waals surface area contributed by atoms with E-state index in [1.54, 1.807) is 7.11 Å². The standard InChI is InChI=1S/C25H39NO4/c1-5-6-7-12-24(28)26-16-21(25(3,17-26)18(2)27)19-13-14-22(29-4)23(15-19)30-20-10-8-9-11-20/h13-15,18,20-21,27H,5-12,16-17H2,1-4H3/t18-,21+,25+/m1/s1. The van der Waals surface area contributed by atoms with E-state index >= 15 is 0 Å². The van der Waals surface area contributed by atoms with Crippen molar-refractivity contribution in [3.63, 3.8) is 0 Å². The summed E-state index contributed by atoms with van der Waals surface area (Å²) in [6.45, 7) is 7.32. The van der Waals surface area contributed by atoms with Crippen molar-refractivity contribution in [3.05, 3.63) is 23.8 Å². The summed E-state index contributed by atoms with van der Waals surface area (Å²) in [5, 5.41) is 10.7. The second kappa shape index (κ2) is 10.0. The number of amides is 1. The Morgan fingerprint density at radius 1 is 1.27 bits per heavy atom. The number of hydrogen-bond acceptors (Lipinski definition) is 4. The molecular formula is C25H39NO4. The smallest absolute Gasteiger partial charge is 0.222 e. The van der Waals surface area contributed by atoms with Crippen LogP contribution >= 0.6 is 0 Å². The first-order valence-corrected chi connectivity index (χ1v) is 11.7. The van der Waals surface area contributed by atoms with Gasteiger partial charge in [-0.15, -0.1) is 0 Å². The zero-order valence-corrected chi connectivity index (χ0v) is 19.2. The van der Waals surface area contributed by atoms with Gasteiger partial charge < -0.3 is 19.5 Å². The van der Waals surface area contributed by atoms with E-state index in [0.717, 1.165) is 49.2 Å². The van der Waals surface area contributed by atoms with E-state index in [0.29, 0.717) is 19.5 Å². The molecule has 1 aromatic rings. The SMILES string of the molecule is CCCCCC(=O)N1C[C@@H](c2ccc(OC)c(OC3CCCC3)c2)[C@](C)([C@@H](C)O)C1. The van der Waals surface area contributed by atoms with Gasteiger partial charge in [0, 0.05) is 30.8 Å². The number of likely N-dealkylation sites (tertiary alicyclic amines) is 1. The predicted molar refractivity (Wildman–Crippen MR) is 119 cm³/mol. The van der Waals surface area contributed by atoms with Gasteiger partial charge in [0.15, 0.2) is 11.5 Å². The number of aliphatic hydroxyl groups is 1. The number of hydrogen-bond donors (Lipinski definition) is 1. The second-order valence-electron chi connectivity index (χ2n) is 9.40. The van der Waals surface area contributed by atoms with E-state index in [-0.39, 0.29) is 23.3 Å². The monoisotopic (exact) mass is 417 g/mol. The Balaban J connectivity index is 1.83. The van der Waals surface area contributed by atoms with E-state index in [1.807, 2.05) is 17.9 Å². The minimum Gasteiger partial charge on any atom is -0.493 e. The van der Waals surface area contributed by atoms with Crippen LogP contribution < -0.4 is 9.47 Å². The van der Waals surface area contributed by atoms with Crippen LogP contribution in [0.25, 0.3) is 0 Å². The normalized spacial score (nSPS) is 25.5. The van der Waals surface area contributed by atoms with Gasteiger partial charge in [0.2, 0.25) is 5.91 Å². The third-order valence-corrected chi connectivity index (χ3v) is 7.22. The first-order valence-electron chi connectivity index (χ1n) is 11.7. The molecule has 0 aromatic heterocycles. The molecule has 0 radical (unpaired) electrons. The summed E-state index contributed by atoms with van der Waals surface area (Å²) in [4.78, 5) is 14.8. The fourth-order valence-corrected chi connectivity index (χ4v) is 4.99. The number of rotatable bonds is 9. The molecule has 3 rings (SSSR count). The Kier molecular flexibility index (Phi) is 7.67. The fourth-order valence-electron chi connectivity index (χ4n) is 4.99. The average Bonchev–Trinajstić information content (AvgIpc) is 3.36. The lowest BCUT2D eigenvalue weighted by atomic mass is 9.72. The summed E-state index contributed by atoms with van der Waals surface area (Å²) in [6, 6.07) is 6.11. The highest BCUT2D eigenvalue weighted by atomic mass is 16.5. The first-order chi connectivity index (χ1) is 14.4. The van der Waals surface area contributed by atoms with E-state index < -0.39 is 6.10 Å². The Morgan fingerprint density at radius 3 is 2.63 bits per heavy atom. The Bertz CT molecular complexity index is 713. The number of ether oxygens (including phenoxy) is 2. The summed E-state index contributed by atoms with van der Waals surface area (Å²) in [5.41, 5.74) is 0.718. The molecule has 1 N–H and O–H groups in total. The molecule has 1 saturated heterocycles. The van der Waals surface area contributed by atoms with E-state index in [4.69, 9.17) is 9.47 Å². The van der Waals surface area contributed by atoms with Gasteiger partial charge in [0.1, 0.15) is 0 Å². The molecule has 1 heterocycles. The number of unbranched alkanes of at least 4 members (excludes halogenated alkanes) is 2. The molecule has 1 aliphatic heterocycles. The third kappa shape index (κ3) is 4.93. The highest BCUT2D eigenvalue weighted by Gasteiger charge is 2.48. The van der Waals surface area contributed by atoms with Gasteiger partial charge in [-0.3, -0.25) is 4.79 Å². The molecular weight excluding hydrogens is 378 g/mol. The highest BCUT2D eigenvalue weighted by molar-refractivity contribution is 5.76. The van der Waals surface area contributed by atoms with Gasteiger partial charge in [0.05, 0.1) is 19.3 Å². The minimum atomic E-state index is -0.516. The van der Waals surface area contributed by atoms with Gasteiger partial charge in [-0.05, 0) is 56.7 Å². The number of aliphatic hydroxyl groups excluding tert-OH is 1. The van der Waals surface area contributed by atoms with Crippen LogP contribution in [-0.2, 0) is 4.79 Å². The number of benzene rings is 1. The van der Waals surface area contributed by atoms with Crippen LogP contribution in [0, 0.1) is 5.41 Å². The summed E-state index contributed by atoms with van der Waals surface area (Å²) >= 11 is 0. The Hall–Kier alpha value is -1.75. The van der Waals surface area contributed by atoms with Crippen molar-refractivity contribution in [1.29, 1.82) is 0 Å². The van der Waals surface area contributed by atoms with Crippen molar-refractivity contribution in [2.45, 2.75) is 90.3 Å². The van der Waals surface area contributed by atoms with Gasteiger partial charge in [0.25, 0.3) is 0 Å². The first kappa shape index (κ1) is 22.9. The van der Waals surface area contributed by atoms with Gasteiger partial charge in [-0.1, -0.05) is 32.8 Å². The zero-order chi connectivity index (χ0) is 21.7. The molecule has 1 aromatic carbocycles. The van der Waals surface area contributed by atoms with Crippen LogP contribution in [0.3, 0.4) is 0 Å². The summed E-state index contributed by atoms with van der Waals surface area (Å²) in [7, 11) is 1.67. The molecule has 2 fully saturated rings. The summed E-state index contributed by atoms with van der Waals surface area (Å²) < 4.78 is 11.8. The van der Waals surface area contributed by atoms with E-state index in [1.165, 1.54) is 12.8 Å². The zero-order valence-electron chi connectivity index (χ0n) is 19.2. The maximum absolute atomic E-state index is 12.8. The minimum absolute atomic E-state index is 0.0597. The molecule has 5 nitrogen and oxygen atoms in total. The molecule has 1 aliphatic carbocycles. The van der Waals surface area contributed by atoms with Crippen molar-refractivity contribution in [2.24, 2.45) is 5.41 Å². The van der Waals surface area contributed by atoms with Crippen LogP contribution in [0.5, 0.6) is 11.5 Å². The number of nitrogens with zero attached hydrogens (tertiary/aromatic N) is 1. The number of methoxy groups -OCH3 is 1. The van der Waals surface area contributed by atoms with Crippen molar-refractivity contribution in [1.82, 2.24) is 4.90 Å². The van der Waals surface area contributed by atoms with Crippen LogP contribution in [0.15, 0.2) is 18.2 Å². The van der Waals surface area contributed by atoms with Crippen LogP contribution in [0.4, 0.5) is 0 Å². The highest BCUT2D eigenvalue weighted by Crippen LogP contribution is 2.47. The van der Waals surface area contributed by atoms with Crippen molar-refractivity contribution in [3.8, 4) is 11.5 Å². The lowest BCUT2D eigenvalue weighted by molar-refractivity contribution is -0.130. The maximum Gasteiger partial charge on any atom is 0.222 e. The Morgan fingerprint density at radius 2 is 2.00 bits per heavy atom. The summed E-state index contributed by atoms with van der Waals surface area (Å²) in [6.07, 6.45) is 8.04. The quantitative estimate of drug-likeness (QED) is 0.580. The molecule has 168 valence electrons. The molecule has 2 aliphatic rings. The van der Waals surface area contributed by atoms with Crippen LogP contribution in [0.2, 0.25) is 0 Å². The molecule has 0 bridgehead atoms. The molecule has 3 atom stereocenters. The molecule has 1 saturated carbocycles. The lowest BCUT2D eigenvalue weighted by Crippen LogP contribution is -2.38. The average molecular weight is 418 g/mol.